The maximum atomic E-state index is 12.9. The van der Waals surface area contributed by atoms with Gasteiger partial charge >= 0.3 is 5.97 Å². The molecule has 1 aromatic carbocycles. The van der Waals surface area contributed by atoms with E-state index in [-0.39, 0.29) is 42.4 Å². The third-order valence-electron chi connectivity index (χ3n) is 4.12. The number of morpholine rings is 1. The van der Waals surface area contributed by atoms with E-state index in [1.165, 1.54) is 28.6 Å². The first-order valence-corrected chi connectivity index (χ1v) is 10.0. The van der Waals surface area contributed by atoms with Crippen LogP contribution in [0.25, 0.3) is 0 Å². The summed E-state index contributed by atoms with van der Waals surface area (Å²) in [5, 5.41) is 3.75. The van der Waals surface area contributed by atoms with Gasteiger partial charge in [0.15, 0.2) is 0 Å². The number of aromatic nitrogens is 1. The van der Waals surface area contributed by atoms with Gasteiger partial charge in [0.05, 0.1) is 22.7 Å². The van der Waals surface area contributed by atoms with Gasteiger partial charge in [-0.25, -0.2) is 13.2 Å². The Morgan fingerprint density at radius 1 is 1.26 bits per heavy atom. The number of hydrogen-bond acceptors (Lipinski definition) is 7. The molecule has 0 N–H and O–H groups in total. The maximum Gasteiger partial charge on any atom is 0.338 e. The summed E-state index contributed by atoms with van der Waals surface area (Å²) in [4.78, 5) is 12.3. The molecule has 0 amide bonds. The Hall–Kier alpha value is -2.23. The Bertz CT molecular complexity index is 913. The van der Waals surface area contributed by atoms with Crippen LogP contribution < -0.4 is 0 Å². The van der Waals surface area contributed by atoms with E-state index in [1.807, 2.05) is 13.8 Å². The van der Waals surface area contributed by atoms with E-state index >= 15 is 0 Å². The van der Waals surface area contributed by atoms with Crippen molar-refractivity contribution >= 4 is 16.0 Å². The van der Waals surface area contributed by atoms with E-state index < -0.39 is 16.0 Å². The van der Waals surface area contributed by atoms with E-state index in [0.29, 0.717) is 11.5 Å². The number of esters is 1. The smallest absolute Gasteiger partial charge is 0.338 e. The topological polar surface area (TPSA) is 98.9 Å². The van der Waals surface area contributed by atoms with E-state index in [9.17, 15) is 13.2 Å². The number of hydrogen-bond donors (Lipinski definition) is 0. The van der Waals surface area contributed by atoms with Crippen LogP contribution in [0.2, 0.25) is 0 Å². The van der Waals surface area contributed by atoms with Gasteiger partial charge in [-0.1, -0.05) is 11.2 Å². The molecule has 1 aromatic heterocycles. The highest BCUT2D eigenvalue weighted by Gasteiger charge is 2.32. The van der Waals surface area contributed by atoms with Crippen molar-refractivity contribution in [2.75, 3.05) is 13.1 Å². The minimum absolute atomic E-state index is 0.0500. The highest BCUT2D eigenvalue weighted by Crippen LogP contribution is 2.22. The van der Waals surface area contributed by atoms with Crippen molar-refractivity contribution in [1.29, 1.82) is 0 Å². The first-order chi connectivity index (χ1) is 12.8. The fraction of sp³-hybridized carbons (Fsp3) is 0.444. The van der Waals surface area contributed by atoms with Crippen molar-refractivity contribution < 1.29 is 27.2 Å². The number of rotatable bonds is 5. The van der Waals surface area contributed by atoms with Crippen LogP contribution in [0.15, 0.2) is 39.8 Å². The lowest BCUT2D eigenvalue weighted by Gasteiger charge is -2.34. The van der Waals surface area contributed by atoms with Gasteiger partial charge in [-0.2, -0.15) is 4.31 Å². The first kappa shape index (κ1) is 19.5. The van der Waals surface area contributed by atoms with E-state index in [0.717, 1.165) is 0 Å². The van der Waals surface area contributed by atoms with Crippen molar-refractivity contribution in [3.05, 3.63) is 47.3 Å². The molecule has 0 saturated carbocycles. The molecule has 8 nitrogen and oxygen atoms in total. The van der Waals surface area contributed by atoms with Crippen LogP contribution >= 0.6 is 0 Å². The molecule has 1 fully saturated rings. The number of carbonyl (C=O) groups excluding carboxylic acids is 1. The van der Waals surface area contributed by atoms with Crippen LogP contribution in [0.1, 0.15) is 35.7 Å². The van der Waals surface area contributed by atoms with Crippen molar-refractivity contribution in [2.45, 2.75) is 44.5 Å². The van der Waals surface area contributed by atoms with Crippen molar-refractivity contribution in [3.8, 4) is 0 Å². The van der Waals surface area contributed by atoms with Crippen LogP contribution in [0.4, 0.5) is 0 Å². The molecule has 9 heteroatoms. The first-order valence-electron chi connectivity index (χ1n) is 8.60. The monoisotopic (exact) mass is 394 g/mol. The third-order valence-corrected chi connectivity index (χ3v) is 5.95. The van der Waals surface area contributed by atoms with E-state index in [2.05, 4.69) is 5.16 Å². The zero-order chi connectivity index (χ0) is 19.6. The fourth-order valence-corrected chi connectivity index (χ4v) is 4.61. The molecule has 2 aromatic rings. The third kappa shape index (κ3) is 4.55. The second-order valence-electron chi connectivity index (χ2n) is 6.61. The summed E-state index contributed by atoms with van der Waals surface area (Å²) in [6, 6.07) is 7.50. The number of nitrogens with zero attached hydrogens (tertiary/aromatic N) is 2. The lowest BCUT2D eigenvalue weighted by Crippen LogP contribution is -2.48. The molecule has 0 radical (unpaired) electrons. The summed E-state index contributed by atoms with van der Waals surface area (Å²) in [5.74, 6) is -0.0143. The predicted octanol–water partition coefficient (Wildman–Crippen LogP) is 2.14. The molecular formula is C18H22N2O6S. The molecule has 1 saturated heterocycles. The highest BCUT2D eigenvalue weighted by molar-refractivity contribution is 7.89. The molecule has 3 rings (SSSR count). The molecule has 1 aliphatic rings. The number of carbonyl (C=O) groups is 1. The summed E-state index contributed by atoms with van der Waals surface area (Å²) in [7, 11) is -3.73. The Morgan fingerprint density at radius 2 is 1.96 bits per heavy atom. The highest BCUT2D eigenvalue weighted by atomic mass is 32.2. The van der Waals surface area contributed by atoms with Crippen LogP contribution in [0.5, 0.6) is 0 Å². The van der Waals surface area contributed by atoms with Gasteiger partial charge in [0.2, 0.25) is 10.0 Å². The van der Waals surface area contributed by atoms with Crippen LogP contribution in [-0.2, 0) is 26.1 Å². The molecule has 0 unspecified atom stereocenters. The average Bonchev–Trinajstić information content (AvgIpc) is 3.04. The minimum Gasteiger partial charge on any atom is -0.455 e. The molecule has 27 heavy (non-hydrogen) atoms. The summed E-state index contributed by atoms with van der Waals surface area (Å²) >= 11 is 0. The Balaban J connectivity index is 1.75. The second kappa shape index (κ2) is 7.79. The Morgan fingerprint density at radius 3 is 2.59 bits per heavy atom. The zero-order valence-corrected chi connectivity index (χ0v) is 16.2. The molecule has 0 spiro atoms. The predicted molar refractivity (Wildman–Crippen MR) is 95.6 cm³/mol. The molecule has 2 heterocycles. The van der Waals surface area contributed by atoms with Gasteiger partial charge in [0.1, 0.15) is 18.1 Å². The number of aryl methyl sites for hydroxylation is 1. The second-order valence-corrected chi connectivity index (χ2v) is 8.55. The van der Waals surface area contributed by atoms with Gasteiger partial charge in [-0.15, -0.1) is 0 Å². The average molecular weight is 394 g/mol. The lowest BCUT2D eigenvalue weighted by molar-refractivity contribution is -0.0440. The molecule has 0 bridgehead atoms. The summed E-state index contributed by atoms with van der Waals surface area (Å²) < 4.78 is 42.9. The fourth-order valence-electron chi connectivity index (χ4n) is 2.97. The van der Waals surface area contributed by atoms with Crippen LogP contribution in [0, 0.1) is 6.92 Å². The Kier molecular flexibility index (Phi) is 5.64. The van der Waals surface area contributed by atoms with E-state index in [4.69, 9.17) is 14.0 Å². The largest absolute Gasteiger partial charge is 0.455 e. The molecule has 146 valence electrons. The van der Waals surface area contributed by atoms with Gasteiger partial charge in [-0.3, -0.25) is 0 Å². The zero-order valence-electron chi connectivity index (χ0n) is 15.4. The van der Waals surface area contributed by atoms with Crippen molar-refractivity contribution in [3.63, 3.8) is 0 Å². The van der Waals surface area contributed by atoms with Crippen LogP contribution in [-0.4, -0.2) is 49.1 Å². The van der Waals surface area contributed by atoms with Crippen LogP contribution in [0.3, 0.4) is 0 Å². The summed E-state index contributed by atoms with van der Waals surface area (Å²) in [5.41, 5.74) is 0.645. The Labute approximate surface area is 158 Å². The normalized spacial score (nSPS) is 21.1. The molecular weight excluding hydrogens is 372 g/mol. The molecule has 0 aliphatic carbocycles. The van der Waals surface area contributed by atoms with Crippen molar-refractivity contribution in [2.24, 2.45) is 0 Å². The van der Waals surface area contributed by atoms with Gasteiger partial charge in [0.25, 0.3) is 0 Å². The number of sulfonamides is 1. The standard InChI is InChI=1S/C18H22N2O6S/c1-12-7-16(19-26-12)11-24-18(21)15-5-4-6-17(8-15)27(22,23)20-9-13(2)25-14(3)10-20/h4-8,13-14H,9-11H2,1-3H3/t13-,14-/m0/s1. The van der Waals surface area contributed by atoms with E-state index in [1.54, 1.807) is 13.0 Å². The molecule has 2 atom stereocenters. The maximum absolute atomic E-state index is 12.9. The van der Waals surface area contributed by atoms with Gasteiger partial charge in [0, 0.05) is 19.2 Å². The minimum atomic E-state index is -3.73. The summed E-state index contributed by atoms with van der Waals surface area (Å²) in [6.45, 7) is 5.89. The van der Waals surface area contributed by atoms with Gasteiger partial charge in [-0.05, 0) is 39.0 Å². The van der Waals surface area contributed by atoms with Gasteiger partial charge < -0.3 is 14.0 Å². The SMILES string of the molecule is Cc1cc(COC(=O)c2cccc(S(=O)(=O)N3C[C@H](C)O[C@@H](C)C3)c2)no1. The summed E-state index contributed by atoms with van der Waals surface area (Å²) in [6.07, 6.45) is -0.384. The quantitative estimate of drug-likeness (QED) is 0.716. The molecule has 1 aliphatic heterocycles. The number of ether oxygens (including phenoxy) is 2. The lowest BCUT2D eigenvalue weighted by atomic mass is 10.2. The van der Waals surface area contributed by atoms with Crippen molar-refractivity contribution in [1.82, 2.24) is 9.46 Å². The number of benzene rings is 1.